The molecule has 0 amide bonds. The molecule has 0 bridgehead atoms. The van der Waals surface area contributed by atoms with Crippen LogP contribution in [0.4, 0.5) is 0 Å². The quantitative estimate of drug-likeness (QED) is 0.877. The lowest BCUT2D eigenvalue weighted by Crippen LogP contribution is -2.54. The van der Waals surface area contributed by atoms with Crippen molar-refractivity contribution in [2.24, 2.45) is 0 Å². The lowest BCUT2D eigenvalue weighted by molar-refractivity contribution is -0.0763. The average molecular weight is 352 g/mol. The van der Waals surface area contributed by atoms with E-state index in [0.717, 1.165) is 6.42 Å². The van der Waals surface area contributed by atoms with E-state index in [9.17, 15) is 13.5 Å². The first-order valence-corrected chi connectivity index (χ1v) is 9.62. The number of aliphatic hydroxyl groups excluding tert-OH is 1. The number of likely N-dealkylation sites (N-methyl/N-ethyl adjacent to an activating group) is 1. The first-order valence-electron chi connectivity index (χ1n) is 8.01. The maximum atomic E-state index is 12.6. The molecule has 1 N–H and O–H groups in total. The van der Waals surface area contributed by atoms with Gasteiger partial charge < -0.3 is 9.84 Å². The van der Waals surface area contributed by atoms with Crippen molar-refractivity contribution in [3.05, 3.63) is 29.3 Å². The molecule has 2 atom stereocenters. The molecule has 1 aromatic carbocycles. The number of sulfonamides is 1. The summed E-state index contributed by atoms with van der Waals surface area (Å²) in [6.45, 7) is 5.37. The van der Waals surface area contributed by atoms with Crippen molar-refractivity contribution in [2.75, 3.05) is 12.8 Å². The Bertz CT molecular complexity index is 752. The molecular formula is C17H24N2O4S. The Kier molecular flexibility index (Phi) is 5.23. The molecule has 6 nitrogen and oxygen atoms in total. The van der Waals surface area contributed by atoms with E-state index in [-0.39, 0.29) is 5.75 Å². The third kappa shape index (κ3) is 3.41. The van der Waals surface area contributed by atoms with Crippen LogP contribution in [0.1, 0.15) is 50.8 Å². The predicted octanol–water partition coefficient (Wildman–Crippen LogP) is 2.19. The summed E-state index contributed by atoms with van der Waals surface area (Å²) < 4.78 is 32.3. The summed E-state index contributed by atoms with van der Waals surface area (Å²) in [5.74, 6) is 0.518. The number of hydrogen-bond acceptors (Lipinski definition) is 5. The number of ether oxygens (including phenoxy) is 1. The molecule has 24 heavy (non-hydrogen) atoms. The number of rotatable bonds is 5. The van der Waals surface area contributed by atoms with Crippen LogP contribution in [0.3, 0.4) is 0 Å². The van der Waals surface area contributed by atoms with Crippen molar-refractivity contribution in [3.8, 4) is 11.8 Å². The molecule has 132 valence electrons. The molecule has 0 spiro atoms. The van der Waals surface area contributed by atoms with Crippen LogP contribution in [0.2, 0.25) is 0 Å². The zero-order valence-corrected chi connectivity index (χ0v) is 15.3. The number of nitriles is 1. The van der Waals surface area contributed by atoms with Gasteiger partial charge in [0, 0.05) is 12.6 Å². The lowest BCUT2D eigenvalue weighted by atomic mass is 9.86. The Labute approximate surface area is 143 Å². The Hall–Kier alpha value is -1.62. The highest BCUT2D eigenvalue weighted by Crippen LogP contribution is 2.43. The fourth-order valence-electron chi connectivity index (χ4n) is 2.87. The molecule has 7 heteroatoms. The lowest BCUT2D eigenvalue weighted by Gasteiger charge is -2.44. The maximum absolute atomic E-state index is 12.6. The minimum absolute atomic E-state index is 0.0256. The molecule has 1 aliphatic heterocycles. The number of aliphatic hydroxyl groups is 1. The topological polar surface area (TPSA) is 90.6 Å². The highest BCUT2D eigenvalue weighted by molar-refractivity contribution is 7.89. The summed E-state index contributed by atoms with van der Waals surface area (Å²) in [4.78, 5) is 0. The summed E-state index contributed by atoms with van der Waals surface area (Å²) in [6, 6.07) is 6.11. The second kappa shape index (κ2) is 6.71. The van der Waals surface area contributed by atoms with Crippen LogP contribution in [0.15, 0.2) is 18.2 Å². The molecule has 0 radical (unpaired) electrons. The van der Waals surface area contributed by atoms with Crippen LogP contribution in [0, 0.1) is 11.3 Å². The van der Waals surface area contributed by atoms with Crippen molar-refractivity contribution >= 4 is 10.0 Å². The summed E-state index contributed by atoms with van der Waals surface area (Å²) in [7, 11) is -2.06. The van der Waals surface area contributed by atoms with E-state index in [4.69, 9.17) is 10.00 Å². The van der Waals surface area contributed by atoms with Crippen molar-refractivity contribution in [1.29, 1.82) is 5.26 Å². The van der Waals surface area contributed by atoms with E-state index < -0.39 is 27.8 Å². The van der Waals surface area contributed by atoms with Gasteiger partial charge >= 0.3 is 0 Å². The largest absolute Gasteiger partial charge is 0.485 e. The molecule has 0 saturated carbocycles. The summed E-state index contributed by atoms with van der Waals surface area (Å²) in [5.41, 5.74) is -0.0301. The maximum Gasteiger partial charge on any atom is 0.214 e. The van der Waals surface area contributed by atoms with E-state index in [0.29, 0.717) is 23.3 Å². The molecule has 0 fully saturated rings. The third-order valence-corrected chi connectivity index (χ3v) is 6.34. The fraction of sp³-hybridized carbons (Fsp3) is 0.588. The monoisotopic (exact) mass is 352 g/mol. The summed E-state index contributed by atoms with van der Waals surface area (Å²) in [6.07, 6.45) is 0.269. The Morgan fingerprint density at radius 3 is 2.67 bits per heavy atom. The number of nitrogens with zero attached hydrogens (tertiary/aromatic N) is 2. The highest BCUT2D eigenvalue weighted by atomic mass is 32.2. The Balaban J connectivity index is 2.53. The van der Waals surface area contributed by atoms with Crippen molar-refractivity contribution in [1.82, 2.24) is 4.31 Å². The van der Waals surface area contributed by atoms with E-state index in [1.807, 2.05) is 13.0 Å². The first-order chi connectivity index (χ1) is 11.1. The first kappa shape index (κ1) is 18.7. The van der Waals surface area contributed by atoms with Crippen LogP contribution in [0.25, 0.3) is 0 Å². The molecule has 2 unspecified atom stereocenters. The number of fused-ring (bicyclic) bond motifs is 1. The molecule has 0 aliphatic carbocycles. The van der Waals surface area contributed by atoms with Crippen molar-refractivity contribution in [3.63, 3.8) is 0 Å². The standard InChI is InChI=1S/C17H24N2O4S/c1-5-6-9-24(21,22)19(4)15-13-10-12(11-18)7-8-14(13)23-17(2,3)16(15)20/h7-8,10,15-16,20H,5-6,9H2,1-4H3. The van der Waals surface area contributed by atoms with E-state index >= 15 is 0 Å². The van der Waals surface area contributed by atoms with Gasteiger partial charge in [-0.3, -0.25) is 0 Å². The van der Waals surface area contributed by atoms with Crippen LogP contribution in [0.5, 0.6) is 5.75 Å². The van der Waals surface area contributed by atoms with Gasteiger partial charge in [-0.1, -0.05) is 13.3 Å². The summed E-state index contributed by atoms with van der Waals surface area (Å²) >= 11 is 0. The van der Waals surface area contributed by atoms with Crippen LogP contribution in [-0.2, 0) is 10.0 Å². The van der Waals surface area contributed by atoms with Gasteiger partial charge in [0.25, 0.3) is 0 Å². The zero-order valence-electron chi connectivity index (χ0n) is 14.5. The second-order valence-corrected chi connectivity index (χ2v) is 8.79. The van der Waals surface area contributed by atoms with Gasteiger partial charge in [-0.2, -0.15) is 9.57 Å². The average Bonchev–Trinajstić information content (AvgIpc) is 2.53. The smallest absolute Gasteiger partial charge is 0.214 e. The molecule has 0 aromatic heterocycles. The van der Waals surface area contributed by atoms with E-state index in [1.165, 1.54) is 11.4 Å². The van der Waals surface area contributed by atoms with Gasteiger partial charge in [0.1, 0.15) is 17.5 Å². The zero-order chi connectivity index (χ0) is 18.1. The number of unbranched alkanes of at least 4 members (excludes halogenated alkanes) is 1. The third-order valence-electron chi connectivity index (χ3n) is 4.43. The van der Waals surface area contributed by atoms with Crippen LogP contribution in [-0.4, -0.2) is 42.3 Å². The van der Waals surface area contributed by atoms with Crippen molar-refractivity contribution < 1.29 is 18.3 Å². The Morgan fingerprint density at radius 2 is 2.08 bits per heavy atom. The molecule has 1 aromatic rings. The van der Waals surface area contributed by atoms with Gasteiger partial charge in [0.2, 0.25) is 10.0 Å². The van der Waals surface area contributed by atoms with Gasteiger partial charge in [0.05, 0.1) is 23.4 Å². The minimum atomic E-state index is -3.53. The molecule has 1 aliphatic rings. The Morgan fingerprint density at radius 1 is 1.42 bits per heavy atom. The molecular weight excluding hydrogens is 328 g/mol. The molecule has 2 rings (SSSR count). The second-order valence-electron chi connectivity index (χ2n) is 6.65. The van der Waals surface area contributed by atoms with Gasteiger partial charge in [-0.15, -0.1) is 0 Å². The normalized spacial score (nSPS) is 22.5. The molecule has 0 saturated heterocycles. The predicted molar refractivity (Wildman–Crippen MR) is 91.1 cm³/mol. The fourth-order valence-corrected chi connectivity index (χ4v) is 4.39. The van der Waals surface area contributed by atoms with E-state index in [1.54, 1.807) is 32.0 Å². The minimum Gasteiger partial charge on any atom is -0.485 e. The van der Waals surface area contributed by atoms with E-state index in [2.05, 4.69) is 0 Å². The van der Waals surface area contributed by atoms with Gasteiger partial charge in [-0.05, 0) is 38.5 Å². The summed E-state index contributed by atoms with van der Waals surface area (Å²) in [5, 5.41) is 19.9. The van der Waals surface area contributed by atoms with Gasteiger partial charge in [-0.25, -0.2) is 8.42 Å². The van der Waals surface area contributed by atoms with Crippen LogP contribution < -0.4 is 4.74 Å². The van der Waals surface area contributed by atoms with Crippen molar-refractivity contribution in [2.45, 2.75) is 51.4 Å². The van der Waals surface area contributed by atoms with Gasteiger partial charge in [0.15, 0.2) is 0 Å². The van der Waals surface area contributed by atoms with Crippen LogP contribution >= 0.6 is 0 Å². The number of benzene rings is 1. The highest BCUT2D eigenvalue weighted by Gasteiger charge is 2.47. The number of hydrogen-bond donors (Lipinski definition) is 1. The molecule has 1 heterocycles. The SMILES string of the molecule is CCCCS(=O)(=O)N(C)C1c2cc(C#N)ccc2OC(C)(C)C1O.